The Morgan fingerprint density at radius 3 is 2.20 bits per heavy atom. The molecule has 2 amide bonds. The van der Waals surface area contributed by atoms with Crippen molar-refractivity contribution in [2.75, 3.05) is 0 Å². The highest BCUT2D eigenvalue weighted by Gasteiger charge is 2.66. The fourth-order valence-corrected chi connectivity index (χ4v) is 4.33. The molecule has 3 fully saturated rings. The molecule has 20 heavy (non-hydrogen) atoms. The third-order valence-corrected chi connectivity index (χ3v) is 6.38. The highest BCUT2D eigenvalue weighted by Crippen LogP contribution is 2.62. The highest BCUT2D eigenvalue weighted by molar-refractivity contribution is 5.80. The van der Waals surface area contributed by atoms with Crippen LogP contribution in [0.15, 0.2) is 0 Å². The minimum Gasteiger partial charge on any atom is -0.481 e. The Balaban J connectivity index is 1.69. The van der Waals surface area contributed by atoms with E-state index in [9.17, 15) is 14.7 Å². The molecule has 0 radical (unpaired) electrons. The second-order valence-corrected chi connectivity index (χ2v) is 7.71. The first-order chi connectivity index (χ1) is 9.18. The van der Waals surface area contributed by atoms with E-state index in [1.165, 1.54) is 0 Å². The summed E-state index contributed by atoms with van der Waals surface area (Å²) >= 11 is 0. The van der Waals surface area contributed by atoms with Crippen LogP contribution in [0, 0.1) is 16.7 Å². The third-order valence-electron chi connectivity index (χ3n) is 6.38. The van der Waals surface area contributed by atoms with Gasteiger partial charge in [-0.25, -0.2) is 4.79 Å². The lowest BCUT2D eigenvalue weighted by Crippen LogP contribution is -2.46. The number of hydrogen-bond donors (Lipinski definition) is 2. The maximum atomic E-state index is 12.5. The summed E-state index contributed by atoms with van der Waals surface area (Å²) in [5.74, 6) is -1.14. The van der Waals surface area contributed by atoms with Gasteiger partial charge in [0.25, 0.3) is 0 Å². The number of rotatable bonds is 2. The predicted octanol–water partition coefficient (Wildman–Crippen LogP) is 2.07. The third kappa shape index (κ3) is 1.61. The SMILES string of the molecule is CC1(C)C(NC(=O)N2C3CCC2C(C(=O)O)C3)C1(C)C. The van der Waals surface area contributed by atoms with Crippen molar-refractivity contribution < 1.29 is 14.7 Å². The van der Waals surface area contributed by atoms with Crippen LogP contribution in [0.25, 0.3) is 0 Å². The zero-order valence-corrected chi connectivity index (χ0v) is 12.6. The molecule has 1 saturated carbocycles. The summed E-state index contributed by atoms with van der Waals surface area (Å²) in [5.41, 5.74) is 0.210. The summed E-state index contributed by atoms with van der Waals surface area (Å²) in [4.78, 5) is 25.6. The number of amides is 2. The van der Waals surface area contributed by atoms with Gasteiger partial charge in [0.2, 0.25) is 0 Å². The Morgan fingerprint density at radius 1 is 1.15 bits per heavy atom. The molecule has 3 atom stereocenters. The fourth-order valence-electron chi connectivity index (χ4n) is 4.33. The molecule has 1 aliphatic carbocycles. The average Bonchev–Trinajstić information content (AvgIpc) is 2.80. The molecular formula is C15H24N2O3. The Morgan fingerprint density at radius 2 is 1.75 bits per heavy atom. The number of aliphatic carboxylic acids is 1. The van der Waals surface area contributed by atoms with Crippen molar-refractivity contribution in [3.8, 4) is 0 Å². The number of nitrogens with zero attached hydrogens (tertiary/aromatic N) is 1. The average molecular weight is 280 g/mol. The van der Waals surface area contributed by atoms with Crippen molar-refractivity contribution in [1.82, 2.24) is 10.2 Å². The molecule has 3 unspecified atom stereocenters. The number of carbonyl (C=O) groups excluding carboxylic acids is 1. The molecule has 2 aliphatic heterocycles. The molecule has 0 spiro atoms. The van der Waals surface area contributed by atoms with Crippen LogP contribution in [0.5, 0.6) is 0 Å². The largest absolute Gasteiger partial charge is 0.481 e. The van der Waals surface area contributed by atoms with Gasteiger partial charge in [0, 0.05) is 18.1 Å². The second-order valence-electron chi connectivity index (χ2n) is 7.71. The van der Waals surface area contributed by atoms with Gasteiger partial charge >= 0.3 is 12.0 Å². The topological polar surface area (TPSA) is 69.6 Å². The summed E-state index contributed by atoms with van der Waals surface area (Å²) < 4.78 is 0. The first kappa shape index (κ1) is 13.7. The molecule has 2 N–H and O–H groups in total. The van der Waals surface area contributed by atoms with E-state index in [1.54, 1.807) is 0 Å². The van der Waals surface area contributed by atoms with E-state index in [0.29, 0.717) is 6.42 Å². The van der Waals surface area contributed by atoms with Crippen LogP contribution in [0.1, 0.15) is 47.0 Å². The molecule has 3 aliphatic rings. The van der Waals surface area contributed by atoms with E-state index in [1.807, 2.05) is 4.90 Å². The maximum Gasteiger partial charge on any atom is 0.318 e. The standard InChI is InChI=1S/C15H24N2O3/c1-14(2)12(15(14,3)4)16-13(20)17-8-5-6-10(17)9(7-8)11(18)19/h8-10,12H,5-7H2,1-4H3,(H,16,20)(H,18,19). The van der Waals surface area contributed by atoms with Gasteiger partial charge in [-0.3, -0.25) is 4.79 Å². The van der Waals surface area contributed by atoms with Crippen LogP contribution in [0.3, 0.4) is 0 Å². The smallest absolute Gasteiger partial charge is 0.318 e. The second kappa shape index (κ2) is 3.89. The minimum absolute atomic E-state index is 0.0649. The molecular weight excluding hydrogens is 256 g/mol. The first-order valence-corrected chi connectivity index (χ1v) is 7.49. The Kier molecular flexibility index (Phi) is 2.67. The number of fused-ring (bicyclic) bond motifs is 2. The van der Waals surface area contributed by atoms with E-state index in [0.717, 1.165) is 12.8 Å². The van der Waals surface area contributed by atoms with Crippen molar-refractivity contribution in [2.24, 2.45) is 16.7 Å². The van der Waals surface area contributed by atoms with Gasteiger partial charge in [-0.15, -0.1) is 0 Å². The Hall–Kier alpha value is -1.26. The molecule has 5 nitrogen and oxygen atoms in total. The lowest BCUT2D eigenvalue weighted by Gasteiger charge is -2.24. The number of urea groups is 1. The van der Waals surface area contributed by atoms with E-state index >= 15 is 0 Å². The van der Waals surface area contributed by atoms with Gasteiger partial charge in [0.05, 0.1) is 5.92 Å². The van der Waals surface area contributed by atoms with Gasteiger partial charge in [-0.05, 0) is 30.1 Å². The quantitative estimate of drug-likeness (QED) is 0.813. The number of hydrogen-bond acceptors (Lipinski definition) is 2. The van der Waals surface area contributed by atoms with E-state index in [2.05, 4.69) is 33.0 Å². The van der Waals surface area contributed by atoms with Gasteiger partial charge in [-0.2, -0.15) is 0 Å². The normalized spacial score (nSPS) is 37.0. The summed E-state index contributed by atoms with van der Waals surface area (Å²) in [6.45, 7) is 8.65. The molecule has 0 aromatic carbocycles. The minimum atomic E-state index is -0.762. The van der Waals surface area contributed by atoms with E-state index < -0.39 is 5.97 Å². The Labute approximate surface area is 119 Å². The van der Waals surface area contributed by atoms with Crippen molar-refractivity contribution in [2.45, 2.75) is 65.1 Å². The van der Waals surface area contributed by atoms with Crippen LogP contribution >= 0.6 is 0 Å². The van der Waals surface area contributed by atoms with Crippen molar-refractivity contribution in [1.29, 1.82) is 0 Å². The molecule has 5 heteroatoms. The van der Waals surface area contributed by atoms with Gasteiger partial charge in [0.1, 0.15) is 0 Å². The molecule has 2 bridgehead atoms. The van der Waals surface area contributed by atoms with Crippen LogP contribution in [-0.4, -0.2) is 40.1 Å². The van der Waals surface area contributed by atoms with Crippen molar-refractivity contribution in [3.05, 3.63) is 0 Å². The first-order valence-electron chi connectivity index (χ1n) is 7.49. The predicted molar refractivity (Wildman–Crippen MR) is 74.3 cm³/mol. The molecule has 0 aromatic rings. The lowest BCUT2D eigenvalue weighted by molar-refractivity contribution is -0.142. The fraction of sp³-hybridized carbons (Fsp3) is 0.867. The zero-order valence-electron chi connectivity index (χ0n) is 12.6. The van der Waals surface area contributed by atoms with Gasteiger partial charge < -0.3 is 15.3 Å². The van der Waals surface area contributed by atoms with Gasteiger partial charge in [0.15, 0.2) is 0 Å². The maximum absolute atomic E-state index is 12.5. The summed E-state index contributed by atoms with van der Waals surface area (Å²) in [6.07, 6.45) is 2.39. The monoisotopic (exact) mass is 280 g/mol. The molecule has 3 rings (SSSR count). The van der Waals surface area contributed by atoms with Crippen LogP contribution < -0.4 is 5.32 Å². The molecule has 112 valence electrons. The van der Waals surface area contributed by atoms with E-state index in [-0.39, 0.29) is 40.9 Å². The number of carbonyl (C=O) groups is 2. The lowest BCUT2D eigenvalue weighted by atomic mass is 9.89. The zero-order chi connectivity index (χ0) is 14.9. The number of carboxylic acid groups (broad SMARTS) is 1. The summed E-state index contributed by atoms with van der Waals surface area (Å²) in [6, 6.07) is 0.115. The molecule has 0 aromatic heterocycles. The highest BCUT2D eigenvalue weighted by atomic mass is 16.4. The van der Waals surface area contributed by atoms with Crippen molar-refractivity contribution in [3.63, 3.8) is 0 Å². The van der Waals surface area contributed by atoms with E-state index in [4.69, 9.17) is 0 Å². The van der Waals surface area contributed by atoms with Gasteiger partial charge in [-0.1, -0.05) is 27.7 Å². The van der Waals surface area contributed by atoms with Crippen LogP contribution in [0.4, 0.5) is 4.79 Å². The number of nitrogens with one attached hydrogen (secondary N) is 1. The number of carboxylic acids is 1. The van der Waals surface area contributed by atoms with Crippen molar-refractivity contribution >= 4 is 12.0 Å². The van der Waals surface area contributed by atoms with Crippen LogP contribution in [0.2, 0.25) is 0 Å². The molecule has 2 saturated heterocycles. The molecule has 2 heterocycles. The Bertz CT molecular complexity index is 458. The summed E-state index contributed by atoms with van der Waals surface area (Å²) in [7, 11) is 0. The van der Waals surface area contributed by atoms with Crippen LogP contribution in [-0.2, 0) is 4.79 Å². The summed E-state index contributed by atoms with van der Waals surface area (Å²) in [5, 5.41) is 12.4.